The summed E-state index contributed by atoms with van der Waals surface area (Å²) < 4.78 is 13.1. The van der Waals surface area contributed by atoms with Crippen LogP contribution in [0.15, 0.2) is 36.5 Å². The normalized spacial score (nSPS) is 10.1. The lowest BCUT2D eigenvalue weighted by Crippen LogP contribution is -2.00. The summed E-state index contributed by atoms with van der Waals surface area (Å²) >= 11 is 0. The van der Waals surface area contributed by atoms with Crippen LogP contribution in [0.2, 0.25) is 0 Å². The van der Waals surface area contributed by atoms with Crippen molar-refractivity contribution < 1.29 is 14.3 Å². The molecule has 2 aromatic rings. The van der Waals surface area contributed by atoms with Crippen molar-refractivity contribution in [2.24, 2.45) is 0 Å². The van der Waals surface area contributed by atoms with Crippen molar-refractivity contribution in [3.8, 4) is 0 Å². The van der Waals surface area contributed by atoms with Crippen molar-refractivity contribution in [2.45, 2.75) is 6.92 Å². The molecule has 0 aliphatic heterocycles. The number of carboxylic acid groups (broad SMARTS) is 1. The summed E-state index contributed by atoms with van der Waals surface area (Å²) in [7, 11) is 0. The number of hydrogen-bond acceptors (Lipinski definition) is 3. The minimum Gasteiger partial charge on any atom is -0.478 e. The molecule has 0 bridgehead atoms. The lowest BCUT2D eigenvalue weighted by Gasteiger charge is -2.07. The molecule has 0 unspecified atom stereocenters. The minimum absolute atomic E-state index is 0.145. The molecule has 2 N–H and O–H groups in total. The summed E-state index contributed by atoms with van der Waals surface area (Å²) in [5.41, 5.74) is 1.31. The zero-order valence-electron chi connectivity index (χ0n) is 9.64. The first-order valence-electron chi connectivity index (χ1n) is 5.29. The smallest absolute Gasteiger partial charge is 0.335 e. The minimum atomic E-state index is -1.02. The molecule has 0 fully saturated rings. The van der Waals surface area contributed by atoms with E-state index in [1.807, 2.05) is 0 Å². The number of nitrogens with zero attached hydrogens (tertiary/aromatic N) is 1. The van der Waals surface area contributed by atoms with E-state index in [9.17, 15) is 9.18 Å². The SMILES string of the molecule is Cc1cc(Nc2cc(C(=O)O)ccn2)ccc1F. The van der Waals surface area contributed by atoms with E-state index < -0.39 is 5.97 Å². The highest BCUT2D eigenvalue weighted by atomic mass is 19.1. The van der Waals surface area contributed by atoms with Gasteiger partial charge in [0.05, 0.1) is 5.56 Å². The Labute approximate surface area is 103 Å². The van der Waals surface area contributed by atoms with Crippen molar-refractivity contribution in [2.75, 3.05) is 5.32 Å². The van der Waals surface area contributed by atoms with Crippen LogP contribution in [0.5, 0.6) is 0 Å². The number of pyridine rings is 1. The van der Waals surface area contributed by atoms with Crippen molar-refractivity contribution in [3.63, 3.8) is 0 Å². The number of rotatable bonds is 3. The number of aromatic nitrogens is 1. The van der Waals surface area contributed by atoms with Gasteiger partial charge in [0.25, 0.3) is 0 Å². The molecule has 0 saturated heterocycles. The average Bonchev–Trinajstić information content (AvgIpc) is 2.34. The fourth-order valence-electron chi connectivity index (χ4n) is 1.50. The average molecular weight is 246 g/mol. The fourth-order valence-corrected chi connectivity index (χ4v) is 1.50. The van der Waals surface area contributed by atoms with Gasteiger partial charge in [-0.15, -0.1) is 0 Å². The topological polar surface area (TPSA) is 62.2 Å². The van der Waals surface area contributed by atoms with E-state index in [2.05, 4.69) is 10.3 Å². The molecule has 0 aliphatic rings. The van der Waals surface area contributed by atoms with E-state index in [1.54, 1.807) is 19.1 Å². The van der Waals surface area contributed by atoms with Crippen LogP contribution < -0.4 is 5.32 Å². The molecule has 5 heteroatoms. The standard InChI is InChI=1S/C13H11FN2O2/c1-8-6-10(2-3-11(8)14)16-12-7-9(13(17)18)4-5-15-12/h2-7H,1H3,(H,15,16)(H,17,18). The Bertz CT molecular complexity index is 599. The van der Waals surface area contributed by atoms with Gasteiger partial charge < -0.3 is 10.4 Å². The van der Waals surface area contributed by atoms with Crippen molar-refractivity contribution in [3.05, 3.63) is 53.5 Å². The maximum atomic E-state index is 13.1. The summed E-state index contributed by atoms with van der Waals surface area (Å²) in [6, 6.07) is 7.37. The number of carboxylic acids is 1. The van der Waals surface area contributed by atoms with Crippen LogP contribution in [0.1, 0.15) is 15.9 Å². The van der Waals surface area contributed by atoms with Crippen LogP contribution >= 0.6 is 0 Å². The Morgan fingerprint density at radius 1 is 1.33 bits per heavy atom. The summed E-state index contributed by atoms with van der Waals surface area (Å²) in [5, 5.41) is 11.8. The zero-order chi connectivity index (χ0) is 13.1. The van der Waals surface area contributed by atoms with E-state index in [0.717, 1.165) is 0 Å². The van der Waals surface area contributed by atoms with Gasteiger partial charge >= 0.3 is 5.97 Å². The van der Waals surface area contributed by atoms with Gasteiger partial charge in [-0.3, -0.25) is 0 Å². The molecule has 92 valence electrons. The molecule has 18 heavy (non-hydrogen) atoms. The van der Waals surface area contributed by atoms with Crippen LogP contribution in [0, 0.1) is 12.7 Å². The summed E-state index contributed by atoms with van der Waals surface area (Å²) in [5.74, 6) is -0.899. The van der Waals surface area contributed by atoms with Crippen molar-refractivity contribution in [1.82, 2.24) is 4.98 Å². The first kappa shape index (κ1) is 12.0. The number of benzene rings is 1. The zero-order valence-corrected chi connectivity index (χ0v) is 9.64. The number of halogens is 1. The number of carbonyl (C=O) groups is 1. The maximum Gasteiger partial charge on any atom is 0.335 e. The van der Waals surface area contributed by atoms with E-state index in [0.29, 0.717) is 17.1 Å². The highest BCUT2D eigenvalue weighted by Crippen LogP contribution is 2.18. The lowest BCUT2D eigenvalue weighted by atomic mass is 10.2. The summed E-state index contributed by atoms with van der Waals surface area (Å²) in [6.45, 7) is 1.65. The van der Waals surface area contributed by atoms with E-state index in [-0.39, 0.29) is 11.4 Å². The van der Waals surface area contributed by atoms with Gasteiger partial charge in [-0.2, -0.15) is 0 Å². The molecular weight excluding hydrogens is 235 g/mol. The van der Waals surface area contributed by atoms with Gasteiger partial charge in [0.1, 0.15) is 11.6 Å². The number of aryl methyl sites for hydroxylation is 1. The maximum absolute atomic E-state index is 13.1. The Kier molecular flexibility index (Phi) is 3.23. The molecule has 0 radical (unpaired) electrons. The third-order valence-corrected chi connectivity index (χ3v) is 2.44. The second-order valence-corrected chi connectivity index (χ2v) is 3.82. The van der Waals surface area contributed by atoms with E-state index >= 15 is 0 Å². The van der Waals surface area contributed by atoms with Crippen LogP contribution in [0.25, 0.3) is 0 Å². The van der Waals surface area contributed by atoms with Gasteiger partial charge in [-0.25, -0.2) is 14.2 Å². The summed E-state index contributed by atoms with van der Waals surface area (Å²) in [4.78, 5) is 14.8. The fraction of sp³-hybridized carbons (Fsp3) is 0.0769. The van der Waals surface area contributed by atoms with Crippen LogP contribution in [0.4, 0.5) is 15.9 Å². The second-order valence-electron chi connectivity index (χ2n) is 3.82. The Morgan fingerprint density at radius 2 is 2.11 bits per heavy atom. The predicted molar refractivity (Wildman–Crippen MR) is 65.6 cm³/mol. The van der Waals surface area contributed by atoms with Crippen molar-refractivity contribution >= 4 is 17.5 Å². The molecule has 1 aromatic heterocycles. The van der Waals surface area contributed by atoms with E-state index in [1.165, 1.54) is 24.4 Å². The predicted octanol–water partition coefficient (Wildman–Crippen LogP) is 2.97. The van der Waals surface area contributed by atoms with Gasteiger partial charge in [-0.05, 0) is 42.8 Å². The first-order chi connectivity index (χ1) is 8.56. The second kappa shape index (κ2) is 4.83. The monoisotopic (exact) mass is 246 g/mol. The quantitative estimate of drug-likeness (QED) is 0.874. The number of anilines is 2. The van der Waals surface area contributed by atoms with Gasteiger partial charge in [0, 0.05) is 11.9 Å². The molecule has 0 spiro atoms. The van der Waals surface area contributed by atoms with Gasteiger partial charge in [0.2, 0.25) is 0 Å². The van der Waals surface area contributed by atoms with Crippen LogP contribution in [0.3, 0.4) is 0 Å². The number of nitrogens with one attached hydrogen (secondary N) is 1. The first-order valence-corrected chi connectivity index (χ1v) is 5.29. The lowest BCUT2D eigenvalue weighted by molar-refractivity contribution is 0.0697. The molecule has 0 atom stereocenters. The Morgan fingerprint density at radius 3 is 2.78 bits per heavy atom. The number of hydrogen-bond donors (Lipinski definition) is 2. The molecule has 0 saturated carbocycles. The summed E-state index contributed by atoms with van der Waals surface area (Å²) in [6.07, 6.45) is 1.40. The van der Waals surface area contributed by atoms with E-state index in [4.69, 9.17) is 5.11 Å². The molecule has 0 aliphatic carbocycles. The Hall–Kier alpha value is -2.43. The molecule has 2 rings (SSSR count). The molecule has 4 nitrogen and oxygen atoms in total. The molecule has 1 heterocycles. The van der Waals surface area contributed by atoms with Crippen LogP contribution in [-0.4, -0.2) is 16.1 Å². The highest BCUT2D eigenvalue weighted by molar-refractivity contribution is 5.88. The Balaban J connectivity index is 2.25. The number of aromatic carboxylic acids is 1. The molecule has 0 amide bonds. The highest BCUT2D eigenvalue weighted by Gasteiger charge is 2.05. The molecule has 1 aromatic carbocycles. The largest absolute Gasteiger partial charge is 0.478 e. The van der Waals surface area contributed by atoms with Gasteiger partial charge in [0.15, 0.2) is 0 Å². The van der Waals surface area contributed by atoms with Crippen LogP contribution in [-0.2, 0) is 0 Å². The van der Waals surface area contributed by atoms with Gasteiger partial charge in [-0.1, -0.05) is 0 Å². The molecular formula is C13H11FN2O2. The van der Waals surface area contributed by atoms with Crippen molar-refractivity contribution in [1.29, 1.82) is 0 Å². The third-order valence-electron chi connectivity index (χ3n) is 2.44. The third kappa shape index (κ3) is 2.63.